The molecule has 5 nitrogen and oxygen atoms in total. The molecular weight excluding hydrogens is 324 g/mol. The summed E-state index contributed by atoms with van der Waals surface area (Å²) in [7, 11) is 0. The van der Waals surface area contributed by atoms with Crippen molar-refractivity contribution in [3.05, 3.63) is 95.6 Å². The molecule has 1 heterocycles. The lowest BCUT2D eigenvalue weighted by Crippen LogP contribution is -2.30. The molecule has 1 atom stereocenters. The summed E-state index contributed by atoms with van der Waals surface area (Å²) in [6.07, 6.45) is 0.725. The summed E-state index contributed by atoms with van der Waals surface area (Å²) in [6, 6.07) is 25.4. The highest BCUT2D eigenvalue weighted by Crippen LogP contribution is 2.20. The van der Waals surface area contributed by atoms with Crippen molar-refractivity contribution in [2.24, 2.45) is 0 Å². The van der Waals surface area contributed by atoms with E-state index < -0.39 is 0 Å². The summed E-state index contributed by atoms with van der Waals surface area (Å²) >= 11 is 0. The van der Waals surface area contributed by atoms with Crippen molar-refractivity contribution in [3.63, 3.8) is 0 Å². The summed E-state index contributed by atoms with van der Waals surface area (Å²) in [5, 5.41) is 13.8. The SMILES string of the molecule is O=C(N[C@@H](Cc1ccccc1)c1ccccc1)c1ccc2n[nH]nc2c1. The van der Waals surface area contributed by atoms with Crippen molar-refractivity contribution in [1.82, 2.24) is 20.7 Å². The lowest BCUT2D eigenvalue weighted by Gasteiger charge is -2.19. The van der Waals surface area contributed by atoms with Gasteiger partial charge in [-0.1, -0.05) is 60.7 Å². The molecule has 3 aromatic carbocycles. The van der Waals surface area contributed by atoms with Gasteiger partial charge >= 0.3 is 0 Å². The first-order valence-electron chi connectivity index (χ1n) is 8.50. The molecule has 4 aromatic rings. The highest BCUT2D eigenvalue weighted by Gasteiger charge is 2.17. The fourth-order valence-corrected chi connectivity index (χ4v) is 3.01. The molecule has 0 saturated heterocycles. The summed E-state index contributed by atoms with van der Waals surface area (Å²) in [6.45, 7) is 0. The van der Waals surface area contributed by atoms with Crippen LogP contribution in [0.25, 0.3) is 11.0 Å². The van der Waals surface area contributed by atoms with E-state index in [0.717, 1.165) is 17.5 Å². The molecule has 26 heavy (non-hydrogen) atoms. The Bertz CT molecular complexity index is 1010. The number of hydrogen-bond donors (Lipinski definition) is 2. The van der Waals surface area contributed by atoms with Gasteiger partial charge in [0.2, 0.25) is 0 Å². The minimum atomic E-state index is -0.125. The van der Waals surface area contributed by atoms with Crippen molar-refractivity contribution in [3.8, 4) is 0 Å². The van der Waals surface area contributed by atoms with E-state index in [0.29, 0.717) is 11.1 Å². The molecule has 1 aromatic heterocycles. The van der Waals surface area contributed by atoms with Crippen LogP contribution in [0.3, 0.4) is 0 Å². The molecule has 4 rings (SSSR count). The van der Waals surface area contributed by atoms with E-state index in [4.69, 9.17) is 0 Å². The summed E-state index contributed by atoms with van der Waals surface area (Å²) < 4.78 is 0. The number of nitrogens with zero attached hydrogens (tertiary/aromatic N) is 2. The molecule has 0 aliphatic rings. The lowest BCUT2D eigenvalue weighted by atomic mass is 9.98. The minimum Gasteiger partial charge on any atom is -0.345 e. The number of hydrogen-bond acceptors (Lipinski definition) is 3. The van der Waals surface area contributed by atoms with Crippen LogP contribution in [-0.4, -0.2) is 21.3 Å². The van der Waals surface area contributed by atoms with Gasteiger partial charge in [-0.25, -0.2) is 0 Å². The van der Waals surface area contributed by atoms with Gasteiger partial charge < -0.3 is 5.32 Å². The molecule has 0 saturated carbocycles. The van der Waals surface area contributed by atoms with E-state index in [9.17, 15) is 4.79 Å². The quantitative estimate of drug-likeness (QED) is 0.581. The summed E-state index contributed by atoms with van der Waals surface area (Å²) in [4.78, 5) is 12.8. The van der Waals surface area contributed by atoms with Gasteiger partial charge in [-0.15, -0.1) is 0 Å². The van der Waals surface area contributed by atoms with Gasteiger partial charge in [0.05, 0.1) is 6.04 Å². The molecule has 0 aliphatic heterocycles. The van der Waals surface area contributed by atoms with E-state index >= 15 is 0 Å². The first-order valence-corrected chi connectivity index (χ1v) is 8.50. The second-order valence-electron chi connectivity index (χ2n) is 6.15. The number of H-pyrrole nitrogens is 1. The number of aromatic amines is 1. The average molecular weight is 342 g/mol. The van der Waals surface area contributed by atoms with Crippen LogP contribution in [0.1, 0.15) is 27.5 Å². The maximum atomic E-state index is 12.8. The topological polar surface area (TPSA) is 70.7 Å². The number of carbonyl (C=O) groups excluding carboxylic acids is 1. The van der Waals surface area contributed by atoms with E-state index in [1.165, 1.54) is 5.56 Å². The van der Waals surface area contributed by atoms with Gasteiger partial charge in [-0.2, -0.15) is 15.4 Å². The monoisotopic (exact) mass is 342 g/mol. The molecule has 0 fully saturated rings. The molecule has 0 radical (unpaired) electrons. The van der Waals surface area contributed by atoms with Crippen LogP contribution in [0.15, 0.2) is 78.9 Å². The third-order valence-electron chi connectivity index (χ3n) is 4.37. The van der Waals surface area contributed by atoms with Crippen LogP contribution in [-0.2, 0) is 6.42 Å². The average Bonchev–Trinajstić information content (AvgIpc) is 3.17. The maximum Gasteiger partial charge on any atom is 0.251 e. The summed E-state index contributed by atoms with van der Waals surface area (Å²) in [5.41, 5.74) is 4.24. The van der Waals surface area contributed by atoms with Gasteiger partial charge in [-0.3, -0.25) is 4.79 Å². The standard InChI is InChI=1S/C21H18N4O/c26-21(17-11-12-18-20(14-17)24-25-23-18)22-19(16-9-5-2-6-10-16)13-15-7-3-1-4-8-15/h1-12,14,19H,13H2,(H,22,26)(H,23,24,25)/t19-/m0/s1. The van der Waals surface area contributed by atoms with Gasteiger partial charge in [0, 0.05) is 5.56 Å². The fraction of sp³-hybridized carbons (Fsp3) is 0.0952. The van der Waals surface area contributed by atoms with Crippen molar-refractivity contribution in [2.45, 2.75) is 12.5 Å². The molecule has 0 bridgehead atoms. The number of benzene rings is 3. The normalized spacial score (nSPS) is 12.0. The Morgan fingerprint density at radius 2 is 1.58 bits per heavy atom. The van der Waals surface area contributed by atoms with Crippen molar-refractivity contribution < 1.29 is 4.79 Å². The zero-order chi connectivity index (χ0) is 17.8. The molecule has 0 unspecified atom stereocenters. The van der Waals surface area contributed by atoms with Crippen LogP contribution in [0, 0.1) is 0 Å². The van der Waals surface area contributed by atoms with Gasteiger partial charge in [0.1, 0.15) is 11.0 Å². The van der Waals surface area contributed by atoms with E-state index in [1.54, 1.807) is 18.2 Å². The molecule has 128 valence electrons. The zero-order valence-electron chi connectivity index (χ0n) is 14.1. The van der Waals surface area contributed by atoms with Crippen LogP contribution in [0.2, 0.25) is 0 Å². The molecule has 5 heteroatoms. The number of nitrogens with one attached hydrogen (secondary N) is 2. The van der Waals surface area contributed by atoms with Crippen LogP contribution in [0.4, 0.5) is 0 Å². The Balaban J connectivity index is 1.60. The number of carbonyl (C=O) groups is 1. The predicted octanol–water partition coefficient (Wildman–Crippen LogP) is 3.67. The van der Waals surface area contributed by atoms with Crippen molar-refractivity contribution in [2.75, 3.05) is 0 Å². The number of rotatable bonds is 5. The van der Waals surface area contributed by atoms with Crippen LogP contribution < -0.4 is 5.32 Å². The Labute approximate surface area is 151 Å². The Kier molecular flexibility index (Phi) is 4.43. The summed E-state index contributed by atoms with van der Waals surface area (Å²) in [5.74, 6) is -0.125. The van der Waals surface area contributed by atoms with E-state index in [2.05, 4.69) is 32.9 Å². The first kappa shape index (κ1) is 16.0. The fourth-order valence-electron chi connectivity index (χ4n) is 3.01. The molecule has 2 N–H and O–H groups in total. The third kappa shape index (κ3) is 3.47. The first-order chi connectivity index (χ1) is 12.8. The van der Waals surface area contributed by atoms with E-state index in [1.807, 2.05) is 48.5 Å². The highest BCUT2D eigenvalue weighted by atomic mass is 16.1. The number of aromatic nitrogens is 3. The van der Waals surface area contributed by atoms with Gasteiger partial charge in [0.15, 0.2) is 0 Å². The van der Waals surface area contributed by atoms with Crippen LogP contribution >= 0.6 is 0 Å². The van der Waals surface area contributed by atoms with Crippen LogP contribution in [0.5, 0.6) is 0 Å². The highest BCUT2D eigenvalue weighted by molar-refractivity contribution is 5.97. The Morgan fingerprint density at radius 1 is 0.885 bits per heavy atom. The largest absolute Gasteiger partial charge is 0.345 e. The molecule has 0 spiro atoms. The lowest BCUT2D eigenvalue weighted by molar-refractivity contribution is 0.0936. The van der Waals surface area contributed by atoms with Crippen molar-refractivity contribution in [1.29, 1.82) is 0 Å². The molecule has 0 aliphatic carbocycles. The minimum absolute atomic E-state index is 0.112. The third-order valence-corrected chi connectivity index (χ3v) is 4.37. The Hall–Kier alpha value is -3.47. The molecule has 1 amide bonds. The molecular formula is C21H18N4O. The van der Waals surface area contributed by atoms with Gasteiger partial charge in [-0.05, 0) is 35.7 Å². The maximum absolute atomic E-state index is 12.8. The van der Waals surface area contributed by atoms with Gasteiger partial charge in [0.25, 0.3) is 5.91 Å². The smallest absolute Gasteiger partial charge is 0.251 e. The Morgan fingerprint density at radius 3 is 2.35 bits per heavy atom. The van der Waals surface area contributed by atoms with E-state index in [-0.39, 0.29) is 11.9 Å². The zero-order valence-corrected chi connectivity index (χ0v) is 14.1. The number of amides is 1. The number of fused-ring (bicyclic) bond motifs is 1. The van der Waals surface area contributed by atoms with Crippen molar-refractivity contribution >= 4 is 16.9 Å². The second-order valence-corrected chi connectivity index (χ2v) is 6.15. The second kappa shape index (κ2) is 7.19. The predicted molar refractivity (Wildman–Crippen MR) is 101 cm³/mol.